The van der Waals surface area contributed by atoms with Crippen molar-refractivity contribution in [3.63, 3.8) is 0 Å². The van der Waals surface area contributed by atoms with E-state index in [2.05, 4.69) is 54.0 Å². The van der Waals surface area contributed by atoms with Crippen LogP contribution < -0.4 is 16.0 Å². The molecule has 21 heavy (non-hydrogen) atoms. The molecule has 1 fully saturated rings. The maximum Gasteiger partial charge on any atom is 0.119 e. The predicted molar refractivity (Wildman–Crippen MR) is 83.0 cm³/mol. The monoisotopic (exact) mass is 280 g/mol. The lowest BCUT2D eigenvalue weighted by Gasteiger charge is -2.36. The first-order chi connectivity index (χ1) is 10.3. The molecule has 0 saturated heterocycles. The van der Waals surface area contributed by atoms with Crippen molar-refractivity contribution in [3.05, 3.63) is 65.2 Å². The van der Waals surface area contributed by atoms with Gasteiger partial charge in [-0.2, -0.15) is 0 Å². The molecular formula is C18H20N2O. The lowest BCUT2D eigenvalue weighted by Crippen LogP contribution is -2.37. The Hall–Kier alpha value is -1.84. The largest absolute Gasteiger partial charge is 0.490 e. The molecule has 3 heteroatoms. The Bertz CT molecular complexity index is 634. The van der Waals surface area contributed by atoms with Gasteiger partial charge in [0.15, 0.2) is 0 Å². The van der Waals surface area contributed by atoms with Gasteiger partial charge in [0.2, 0.25) is 0 Å². The number of benzene rings is 2. The lowest BCUT2D eigenvalue weighted by atomic mass is 9.72. The van der Waals surface area contributed by atoms with Crippen molar-refractivity contribution in [2.45, 2.75) is 37.3 Å². The molecule has 0 spiro atoms. The van der Waals surface area contributed by atoms with Crippen LogP contribution in [0.3, 0.4) is 0 Å². The van der Waals surface area contributed by atoms with Crippen LogP contribution in [0.25, 0.3) is 0 Å². The maximum absolute atomic E-state index is 5.82. The van der Waals surface area contributed by atoms with Gasteiger partial charge in [-0.15, -0.1) is 0 Å². The van der Waals surface area contributed by atoms with Crippen LogP contribution in [-0.2, 0) is 6.42 Å². The molecule has 3 nitrogen and oxygen atoms in total. The molecule has 2 aliphatic rings. The van der Waals surface area contributed by atoms with Crippen molar-refractivity contribution >= 4 is 0 Å². The molecular weight excluding hydrogens is 260 g/mol. The second-order valence-corrected chi connectivity index (χ2v) is 6.04. The summed E-state index contributed by atoms with van der Waals surface area (Å²) in [5, 5.41) is 0. The van der Waals surface area contributed by atoms with Crippen LogP contribution in [-0.4, -0.2) is 6.10 Å². The molecule has 2 aliphatic carbocycles. The smallest absolute Gasteiger partial charge is 0.119 e. The summed E-state index contributed by atoms with van der Waals surface area (Å²) < 4.78 is 5.80. The summed E-state index contributed by atoms with van der Waals surface area (Å²) in [4.78, 5) is 0. The highest BCUT2D eigenvalue weighted by molar-refractivity contribution is 5.43. The number of ether oxygens (including phenoxy) is 1. The van der Waals surface area contributed by atoms with Gasteiger partial charge >= 0.3 is 0 Å². The highest BCUT2D eigenvalue weighted by Crippen LogP contribution is 2.43. The summed E-state index contributed by atoms with van der Waals surface area (Å²) in [6.07, 6.45) is 3.91. The third kappa shape index (κ3) is 2.43. The second kappa shape index (κ2) is 5.17. The number of hydrazine groups is 1. The van der Waals surface area contributed by atoms with E-state index in [1.807, 2.05) is 0 Å². The minimum absolute atomic E-state index is 0.162. The minimum atomic E-state index is 0.162. The van der Waals surface area contributed by atoms with Crippen LogP contribution in [0.15, 0.2) is 48.5 Å². The van der Waals surface area contributed by atoms with Gasteiger partial charge in [0, 0.05) is 5.92 Å². The Morgan fingerprint density at radius 2 is 1.81 bits per heavy atom. The van der Waals surface area contributed by atoms with Crippen molar-refractivity contribution in [2.24, 2.45) is 5.84 Å². The van der Waals surface area contributed by atoms with E-state index in [-0.39, 0.29) is 6.04 Å². The van der Waals surface area contributed by atoms with E-state index in [1.54, 1.807) is 0 Å². The zero-order chi connectivity index (χ0) is 14.2. The molecule has 0 aliphatic heterocycles. The van der Waals surface area contributed by atoms with Gasteiger partial charge in [-0.05, 0) is 48.1 Å². The molecule has 0 radical (unpaired) electrons. The Morgan fingerprint density at radius 3 is 2.48 bits per heavy atom. The van der Waals surface area contributed by atoms with E-state index in [4.69, 9.17) is 10.6 Å². The van der Waals surface area contributed by atoms with Crippen LogP contribution in [0, 0.1) is 0 Å². The van der Waals surface area contributed by atoms with Gasteiger partial charge in [0.1, 0.15) is 5.75 Å². The van der Waals surface area contributed by atoms with Crippen molar-refractivity contribution in [3.8, 4) is 5.75 Å². The Labute approximate surface area is 125 Å². The fourth-order valence-corrected chi connectivity index (χ4v) is 3.17. The third-order valence-electron chi connectivity index (χ3n) is 4.54. The summed E-state index contributed by atoms with van der Waals surface area (Å²) in [5.41, 5.74) is 7.07. The van der Waals surface area contributed by atoms with Crippen LogP contribution in [0.5, 0.6) is 5.75 Å². The first-order valence-corrected chi connectivity index (χ1v) is 7.65. The van der Waals surface area contributed by atoms with E-state index in [0.29, 0.717) is 12.0 Å². The van der Waals surface area contributed by atoms with Gasteiger partial charge < -0.3 is 4.74 Å². The summed E-state index contributed by atoms with van der Waals surface area (Å²) in [7, 11) is 0. The van der Waals surface area contributed by atoms with Crippen molar-refractivity contribution < 1.29 is 4.74 Å². The number of hydrogen-bond donors (Lipinski definition) is 2. The zero-order valence-electron chi connectivity index (χ0n) is 12.0. The van der Waals surface area contributed by atoms with E-state index >= 15 is 0 Å². The van der Waals surface area contributed by atoms with E-state index < -0.39 is 0 Å². The maximum atomic E-state index is 5.82. The number of fused-ring (bicyclic) bond motifs is 1. The van der Waals surface area contributed by atoms with Crippen LogP contribution >= 0.6 is 0 Å². The molecule has 2 aromatic rings. The normalized spacial score (nSPS) is 21.3. The van der Waals surface area contributed by atoms with Crippen molar-refractivity contribution in [2.75, 3.05) is 0 Å². The molecule has 2 unspecified atom stereocenters. The summed E-state index contributed by atoms with van der Waals surface area (Å²) in [6.45, 7) is 0. The molecule has 0 heterocycles. The first-order valence-electron chi connectivity index (χ1n) is 7.65. The SMILES string of the molecule is NNC(c1ccc(OC2CC2)cc1)C1Cc2ccccc21. The molecule has 3 N–H and O–H groups in total. The topological polar surface area (TPSA) is 47.3 Å². The van der Waals surface area contributed by atoms with Gasteiger partial charge in [-0.3, -0.25) is 11.3 Å². The van der Waals surface area contributed by atoms with Gasteiger partial charge in [-0.1, -0.05) is 36.4 Å². The zero-order valence-corrected chi connectivity index (χ0v) is 12.0. The molecule has 4 rings (SSSR count). The molecule has 0 aromatic heterocycles. The minimum Gasteiger partial charge on any atom is -0.490 e. The summed E-state index contributed by atoms with van der Waals surface area (Å²) in [5.74, 6) is 7.24. The lowest BCUT2D eigenvalue weighted by molar-refractivity contribution is 0.303. The van der Waals surface area contributed by atoms with Crippen molar-refractivity contribution in [1.29, 1.82) is 0 Å². The third-order valence-corrected chi connectivity index (χ3v) is 4.54. The fourth-order valence-electron chi connectivity index (χ4n) is 3.17. The van der Waals surface area contributed by atoms with E-state index in [9.17, 15) is 0 Å². The highest BCUT2D eigenvalue weighted by Gasteiger charge is 2.33. The molecule has 0 bridgehead atoms. The second-order valence-electron chi connectivity index (χ2n) is 6.04. The van der Waals surface area contributed by atoms with Crippen LogP contribution in [0.2, 0.25) is 0 Å². The highest BCUT2D eigenvalue weighted by atomic mass is 16.5. The quantitative estimate of drug-likeness (QED) is 0.653. The molecule has 0 amide bonds. The predicted octanol–water partition coefficient (Wildman–Crippen LogP) is 3.07. The van der Waals surface area contributed by atoms with Crippen molar-refractivity contribution in [1.82, 2.24) is 5.43 Å². The number of hydrogen-bond acceptors (Lipinski definition) is 3. The van der Waals surface area contributed by atoms with Gasteiger partial charge in [0.25, 0.3) is 0 Å². The van der Waals surface area contributed by atoms with E-state index in [0.717, 1.165) is 12.2 Å². The number of nitrogens with one attached hydrogen (secondary N) is 1. The van der Waals surface area contributed by atoms with E-state index in [1.165, 1.54) is 29.5 Å². The fraction of sp³-hybridized carbons (Fsp3) is 0.333. The Balaban J connectivity index is 1.53. The first kappa shape index (κ1) is 12.9. The van der Waals surface area contributed by atoms with Crippen LogP contribution in [0.4, 0.5) is 0 Å². The molecule has 108 valence electrons. The molecule has 2 atom stereocenters. The van der Waals surface area contributed by atoms with Crippen LogP contribution in [0.1, 0.15) is 41.5 Å². The molecule has 1 saturated carbocycles. The summed E-state index contributed by atoms with van der Waals surface area (Å²) >= 11 is 0. The average molecular weight is 280 g/mol. The van der Waals surface area contributed by atoms with Gasteiger partial charge in [0.05, 0.1) is 12.1 Å². The van der Waals surface area contributed by atoms with Gasteiger partial charge in [-0.25, -0.2) is 0 Å². The number of nitrogens with two attached hydrogens (primary N) is 1. The molecule has 2 aromatic carbocycles. The standard InChI is InChI=1S/C18H20N2O/c19-20-18(17-11-13-3-1-2-4-16(13)17)12-5-7-14(8-6-12)21-15-9-10-15/h1-8,15,17-18,20H,9-11,19H2. The number of rotatable bonds is 5. The average Bonchev–Trinajstić information content (AvgIpc) is 3.30. The Morgan fingerprint density at radius 1 is 1.05 bits per heavy atom. The summed E-state index contributed by atoms with van der Waals surface area (Å²) in [6, 6.07) is 17.1. The Kier molecular flexibility index (Phi) is 3.17.